The van der Waals surface area contributed by atoms with Gasteiger partial charge in [0, 0.05) is 12.1 Å². The van der Waals surface area contributed by atoms with Crippen molar-refractivity contribution in [2.75, 3.05) is 19.6 Å². The minimum Gasteiger partial charge on any atom is -0.329 e. The van der Waals surface area contributed by atoms with Gasteiger partial charge in [0.05, 0.1) is 0 Å². The molecule has 15 heavy (non-hydrogen) atoms. The van der Waals surface area contributed by atoms with Crippen LogP contribution in [-0.4, -0.2) is 30.1 Å². The molecule has 0 radical (unpaired) electrons. The van der Waals surface area contributed by atoms with Crippen LogP contribution in [-0.2, 0) is 0 Å². The Morgan fingerprint density at radius 3 is 1.87 bits per heavy atom. The fraction of sp³-hybridized carbons (Fsp3) is 1.00. The highest BCUT2D eigenvalue weighted by molar-refractivity contribution is 4.89. The molecule has 0 atom stereocenters. The topological polar surface area (TPSA) is 29.3 Å². The van der Waals surface area contributed by atoms with E-state index in [1.165, 1.54) is 45.2 Å². The molecule has 0 aromatic carbocycles. The molecule has 0 saturated carbocycles. The van der Waals surface area contributed by atoms with Gasteiger partial charge >= 0.3 is 0 Å². The number of unbranched alkanes of at least 4 members (excludes halogenated alkanes) is 1. The molecule has 0 aliphatic carbocycles. The lowest BCUT2D eigenvalue weighted by molar-refractivity contribution is 0.0830. The summed E-state index contributed by atoms with van der Waals surface area (Å²) in [6.07, 6.45) is 6.13. The van der Waals surface area contributed by atoms with Gasteiger partial charge in [-0.05, 0) is 38.8 Å². The summed E-state index contributed by atoms with van der Waals surface area (Å²) in [6, 6.07) is 0. The van der Waals surface area contributed by atoms with Crippen molar-refractivity contribution in [3.63, 3.8) is 0 Å². The molecule has 0 fully saturated rings. The van der Waals surface area contributed by atoms with Gasteiger partial charge in [-0.25, -0.2) is 0 Å². The number of hydrogen-bond acceptors (Lipinski definition) is 2. The van der Waals surface area contributed by atoms with Gasteiger partial charge in [0.2, 0.25) is 0 Å². The van der Waals surface area contributed by atoms with Crippen LogP contribution in [0.3, 0.4) is 0 Å². The van der Waals surface area contributed by atoms with Gasteiger partial charge in [0.15, 0.2) is 0 Å². The molecule has 0 spiro atoms. The Morgan fingerprint density at radius 2 is 1.53 bits per heavy atom. The molecule has 92 valence electrons. The van der Waals surface area contributed by atoms with E-state index in [4.69, 9.17) is 5.73 Å². The summed E-state index contributed by atoms with van der Waals surface area (Å²) in [7, 11) is 0. The Labute approximate surface area is 96.2 Å². The molecule has 2 nitrogen and oxygen atoms in total. The summed E-state index contributed by atoms with van der Waals surface area (Å²) in [4.78, 5) is 2.62. The second-order valence-corrected chi connectivity index (χ2v) is 4.48. The molecule has 2 N–H and O–H groups in total. The summed E-state index contributed by atoms with van der Waals surface area (Å²) in [6.45, 7) is 12.2. The molecular formula is C13H30N2. The third-order valence-corrected chi connectivity index (χ3v) is 3.64. The first-order valence-corrected chi connectivity index (χ1v) is 6.65. The highest BCUT2D eigenvalue weighted by Gasteiger charge is 2.30. The van der Waals surface area contributed by atoms with Crippen LogP contribution < -0.4 is 5.73 Å². The predicted octanol–water partition coefficient (Wildman–Crippen LogP) is 3.02. The van der Waals surface area contributed by atoms with E-state index in [2.05, 4.69) is 32.6 Å². The van der Waals surface area contributed by atoms with E-state index >= 15 is 0 Å². The van der Waals surface area contributed by atoms with Crippen LogP contribution in [0.15, 0.2) is 0 Å². The second kappa shape index (κ2) is 8.12. The molecule has 0 aromatic heterocycles. The largest absolute Gasteiger partial charge is 0.329 e. The van der Waals surface area contributed by atoms with Crippen LogP contribution in [0.5, 0.6) is 0 Å². The van der Waals surface area contributed by atoms with Gasteiger partial charge < -0.3 is 5.73 Å². The lowest BCUT2D eigenvalue weighted by Gasteiger charge is -2.42. The smallest absolute Gasteiger partial charge is 0.0326 e. The van der Waals surface area contributed by atoms with Crippen molar-refractivity contribution >= 4 is 0 Å². The molecular weight excluding hydrogens is 184 g/mol. The summed E-state index contributed by atoms with van der Waals surface area (Å²) >= 11 is 0. The van der Waals surface area contributed by atoms with Crippen molar-refractivity contribution < 1.29 is 0 Å². The van der Waals surface area contributed by atoms with Crippen molar-refractivity contribution in [3.05, 3.63) is 0 Å². The SMILES string of the molecule is CCCCN(CCC)C(CC)(CC)CN. The van der Waals surface area contributed by atoms with E-state index in [0.29, 0.717) is 0 Å². The Bertz CT molecular complexity index is 133. The summed E-state index contributed by atoms with van der Waals surface area (Å²) in [5, 5.41) is 0. The average molecular weight is 214 g/mol. The van der Waals surface area contributed by atoms with Crippen molar-refractivity contribution in [2.45, 2.75) is 65.3 Å². The van der Waals surface area contributed by atoms with Crippen LogP contribution in [0, 0.1) is 0 Å². The van der Waals surface area contributed by atoms with E-state index in [-0.39, 0.29) is 5.54 Å². The molecule has 0 rings (SSSR count). The Balaban J connectivity index is 4.50. The average Bonchev–Trinajstić information content (AvgIpc) is 2.28. The summed E-state index contributed by atoms with van der Waals surface area (Å²) in [5.41, 5.74) is 6.25. The standard InChI is InChI=1S/C13H30N2/c1-5-9-11-15(10-6-2)13(7-3,8-4)12-14/h5-12,14H2,1-4H3. The number of nitrogens with zero attached hydrogens (tertiary/aromatic N) is 1. The van der Waals surface area contributed by atoms with Crippen LogP contribution in [0.4, 0.5) is 0 Å². The van der Waals surface area contributed by atoms with Crippen LogP contribution >= 0.6 is 0 Å². The fourth-order valence-corrected chi connectivity index (χ4v) is 2.32. The first kappa shape index (κ1) is 14.9. The minimum atomic E-state index is 0.255. The second-order valence-electron chi connectivity index (χ2n) is 4.48. The minimum absolute atomic E-state index is 0.255. The maximum absolute atomic E-state index is 5.99. The van der Waals surface area contributed by atoms with E-state index in [1.54, 1.807) is 0 Å². The quantitative estimate of drug-likeness (QED) is 0.639. The van der Waals surface area contributed by atoms with Gasteiger partial charge in [-0.3, -0.25) is 4.90 Å². The van der Waals surface area contributed by atoms with Gasteiger partial charge in [0.1, 0.15) is 0 Å². The zero-order chi connectivity index (χ0) is 11.7. The zero-order valence-electron chi connectivity index (χ0n) is 11.2. The molecule has 0 aromatic rings. The number of rotatable bonds is 9. The first-order chi connectivity index (χ1) is 7.20. The molecule has 0 unspecified atom stereocenters. The third-order valence-electron chi connectivity index (χ3n) is 3.64. The highest BCUT2D eigenvalue weighted by atomic mass is 15.2. The Morgan fingerprint density at radius 1 is 0.933 bits per heavy atom. The lowest BCUT2D eigenvalue weighted by Crippen LogP contribution is -2.53. The first-order valence-electron chi connectivity index (χ1n) is 6.65. The van der Waals surface area contributed by atoms with E-state index in [9.17, 15) is 0 Å². The number of nitrogens with two attached hydrogens (primary N) is 1. The Hall–Kier alpha value is -0.0800. The molecule has 0 aliphatic heterocycles. The maximum atomic E-state index is 5.99. The number of hydrogen-bond donors (Lipinski definition) is 1. The zero-order valence-corrected chi connectivity index (χ0v) is 11.2. The molecule has 2 heteroatoms. The molecule has 0 bridgehead atoms. The van der Waals surface area contributed by atoms with Crippen molar-refractivity contribution in [1.29, 1.82) is 0 Å². The van der Waals surface area contributed by atoms with Gasteiger partial charge in [-0.1, -0.05) is 34.1 Å². The maximum Gasteiger partial charge on any atom is 0.0326 e. The lowest BCUT2D eigenvalue weighted by atomic mass is 9.90. The molecule has 0 amide bonds. The Kier molecular flexibility index (Phi) is 8.07. The van der Waals surface area contributed by atoms with Crippen molar-refractivity contribution in [2.24, 2.45) is 5.73 Å². The van der Waals surface area contributed by atoms with Crippen LogP contribution in [0.2, 0.25) is 0 Å². The summed E-state index contributed by atoms with van der Waals surface area (Å²) in [5.74, 6) is 0. The van der Waals surface area contributed by atoms with Gasteiger partial charge in [-0.15, -0.1) is 0 Å². The summed E-state index contributed by atoms with van der Waals surface area (Å²) < 4.78 is 0. The predicted molar refractivity (Wildman–Crippen MR) is 69.1 cm³/mol. The van der Waals surface area contributed by atoms with Crippen molar-refractivity contribution in [3.8, 4) is 0 Å². The monoisotopic (exact) mass is 214 g/mol. The van der Waals surface area contributed by atoms with E-state index in [0.717, 1.165) is 6.54 Å². The van der Waals surface area contributed by atoms with E-state index < -0.39 is 0 Å². The van der Waals surface area contributed by atoms with Crippen LogP contribution in [0.25, 0.3) is 0 Å². The molecule has 0 saturated heterocycles. The fourth-order valence-electron chi connectivity index (χ4n) is 2.32. The van der Waals surface area contributed by atoms with E-state index in [1.807, 2.05) is 0 Å². The molecule has 0 aliphatic rings. The normalized spacial score (nSPS) is 12.4. The third kappa shape index (κ3) is 4.12. The van der Waals surface area contributed by atoms with Gasteiger partial charge in [-0.2, -0.15) is 0 Å². The van der Waals surface area contributed by atoms with Gasteiger partial charge in [0.25, 0.3) is 0 Å². The molecule has 0 heterocycles. The van der Waals surface area contributed by atoms with Crippen molar-refractivity contribution in [1.82, 2.24) is 4.90 Å². The van der Waals surface area contributed by atoms with Crippen LogP contribution in [0.1, 0.15) is 59.8 Å². The highest BCUT2D eigenvalue weighted by Crippen LogP contribution is 2.23.